The molecule has 4 heteroatoms. The number of hydrogen-bond acceptors (Lipinski definition) is 2. The summed E-state index contributed by atoms with van der Waals surface area (Å²) in [4.78, 5) is 3.94. The van der Waals surface area contributed by atoms with Crippen LogP contribution in [0.4, 0.5) is 0 Å². The fourth-order valence-electron chi connectivity index (χ4n) is 1.33. The number of aromatic nitrogens is 2. The van der Waals surface area contributed by atoms with Crippen LogP contribution in [-0.4, -0.2) is 14.7 Å². The van der Waals surface area contributed by atoms with Gasteiger partial charge in [-0.1, -0.05) is 11.6 Å². The van der Waals surface area contributed by atoms with E-state index in [2.05, 4.69) is 4.98 Å². The van der Waals surface area contributed by atoms with Gasteiger partial charge in [-0.3, -0.25) is 0 Å². The second-order valence-corrected chi connectivity index (χ2v) is 3.34. The first-order valence-corrected chi connectivity index (χ1v) is 4.56. The molecular formula is C10H9ClN2O. The van der Waals surface area contributed by atoms with Crippen LogP contribution in [0.15, 0.2) is 36.9 Å². The van der Waals surface area contributed by atoms with Gasteiger partial charge in [0.2, 0.25) is 0 Å². The van der Waals surface area contributed by atoms with E-state index >= 15 is 0 Å². The molecule has 2 rings (SSSR count). The quantitative estimate of drug-likeness (QED) is 0.820. The Balaban J connectivity index is 2.53. The Bertz CT molecular complexity index is 426. The summed E-state index contributed by atoms with van der Waals surface area (Å²) in [6.45, 7) is -0.0337. The number of halogens is 1. The van der Waals surface area contributed by atoms with Gasteiger partial charge in [-0.2, -0.15) is 0 Å². The standard InChI is InChI=1S/C10H9ClN2O/c11-9-1-2-10(8(5-9)6-14)13-4-3-12-7-13/h1-5,7,14H,6H2. The predicted octanol–water partition coefficient (Wildman–Crippen LogP) is 2.02. The Labute approximate surface area is 86.6 Å². The third-order valence-electron chi connectivity index (χ3n) is 1.99. The second-order valence-electron chi connectivity index (χ2n) is 2.90. The molecule has 0 fully saturated rings. The summed E-state index contributed by atoms with van der Waals surface area (Å²) in [7, 11) is 0. The van der Waals surface area contributed by atoms with E-state index in [1.54, 1.807) is 24.7 Å². The highest BCUT2D eigenvalue weighted by Crippen LogP contribution is 2.19. The average molecular weight is 209 g/mol. The summed E-state index contributed by atoms with van der Waals surface area (Å²) in [5, 5.41) is 9.77. The number of aliphatic hydroxyl groups excluding tert-OH is 1. The fourth-order valence-corrected chi connectivity index (χ4v) is 1.53. The minimum atomic E-state index is -0.0337. The number of nitrogens with zero attached hydrogens (tertiary/aromatic N) is 2. The summed E-state index contributed by atoms with van der Waals surface area (Å²) < 4.78 is 1.84. The lowest BCUT2D eigenvalue weighted by Crippen LogP contribution is -1.96. The van der Waals surface area contributed by atoms with Gasteiger partial charge in [0.25, 0.3) is 0 Å². The zero-order chi connectivity index (χ0) is 9.97. The monoisotopic (exact) mass is 208 g/mol. The largest absolute Gasteiger partial charge is 0.392 e. The second kappa shape index (κ2) is 3.82. The fraction of sp³-hybridized carbons (Fsp3) is 0.100. The van der Waals surface area contributed by atoms with Gasteiger partial charge in [-0.15, -0.1) is 0 Å². The Morgan fingerprint density at radius 1 is 1.43 bits per heavy atom. The molecule has 0 aliphatic carbocycles. The maximum absolute atomic E-state index is 9.15. The van der Waals surface area contributed by atoms with Crippen molar-refractivity contribution in [1.82, 2.24) is 9.55 Å². The van der Waals surface area contributed by atoms with Crippen LogP contribution >= 0.6 is 11.6 Å². The maximum atomic E-state index is 9.15. The molecule has 0 aliphatic rings. The van der Waals surface area contributed by atoms with Crippen molar-refractivity contribution < 1.29 is 5.11 Å². The summed E-state index contributed by atoms with van der Waals surface area (Å²) in [5.41, 5.74) is 1.69. The summed E-state index contributed by atoms with van der Waals surface area (Å²) in [6.07, 6.45) is 5.19. The minimum Gasteiger partial charge on any atom is -0.392 e. The van der Waals surface area contributed by atoms with Crippen LogP contribution in [0.1, 0.15) is 5.56 Å². The van der Waals surface area contributed by atoms with E-state index < -0.39 is 0 Å². The molecule has 0 spiro atoms. The first-order chi connectivity index (χ1) is 6.81. The highest BCUT2D eigenvalue weighted by Gasteiger charge is 2.03. The molecule has 14 heavy (non-hydrogen) atoms. The van der Waals surface area contributed by atoms with E-state index in [-0.39, 0.29) is 6.61 Å². The molecular weight excluding hydrogens is 200 g/mol. The molecule has 2 aromatic rings. The number of imidazole rings is 1. The van der Waals surface area contributed by atoms with Gasteiger partial charge in [0, 0.05) is 23.0 Å². The molecule has 0 amide bonds. The van der Waals surface area contributed by atoms with Crippen LogP contribution in [0.3, 0.4) is 0 Å². The van der Waals surface area contributed by atoms with Crippen molar-refractivity contribution in [3.05, 3.63) is 47.5 Å². The van der Waals surface area contributed by atoms with E-state index in [9.17, 15) is 0 Å². The molecule has 0 unspecified atom stereocenters. The predicted molar refractivity (Wildman–Crippen MR) is 54.5 cm³/mol. The van der Waals surface area contributed by atoms with Crippen molar-refractivity contribution in [2.75, 3.05) is 0 Å². The Morgan fingerprint density at radius 2 is 2.29 bits per heavy atom. The van der Waals surface area contributed by atoms with Crippen LogP contribution in [-0.2, 0) is 6.61 Å². The Kier molecular flexibility index (Phi) is 2.52. The molecule has 0 bridgehead atoms. The zero-order valence-corrected chi connectivity index (χ0v) is 8.15. The molecule has 1 aromatic heterocycles. The SMILES string of the molecule is OCc1cc(Cl)ccc1-n1ccnc1. The first-order valence-electron chi connectivity index (χ1n) is 4.19. The molecule has 0 atom stereocenters. The number of rotatable bonds is 2. The molecule has 1 N–H and O–H groups in total. The van der Waals surface area contributed by atoms with Crippen molar-refractivity contribution in [2.24, 2.45) is 0 Å². The summed E-state index contributed by atoms with van der Waals surface area (Å²) in [5.74, 6) is 0. The highest BCUT2D eigenvalue weighted by molar-refractivity contribution is 6.30. The van der Waals surface area contributed by atoms with Gasteiger partial charge in [0.1, 0.15) is 0 Å². The average Bonchev–Trinajstić information content (AvgIpc) is 2.70. The third kappa shape index (κ3) is 1.64. The van der Waals surface area contributed by atoms with E-state index in [1.165, 1.54) is 0 Å². The summed E-state index contributed by atoms with van der Waals surface area (Å²) in [6, 6.07) is 5.39. The molecule has 3 nitrogen and oxygen atoms in total. The third-order valence-corrected chi connectivity index (χ3v) is 2.23. The molecule has 0 saturated heterocycles. The number of aliphatic hydroxyl groups is 1. The highest BCUT2D eigenvalue weighted by atomic mass is 35.5. The van der Waals surface area contributed by atoms with Crippen LogP contribution in [0.2, 0.25) is 5.02 Å². The number of benzene rings is 1. The topological polar surface area (TPSA) is 38.0 Å². The van der Waals surface area contributed by atoms with Gasteiger partial charge in [-0.05, 0) is 18.2 Å². The maximum Gasteiger partial charge on any atom is 0.0991 e. The van der Waals surface area contributed by atoms with Gasteiger partial charge in [0.05, 0.1) is 18.6 Å². The van der Waals surface area contributed by atoms with E-state index in [1.807, 2.05) is 16.8 Å². The van der Waals surface area contributed by atoms with Crippen molar-refractivity contribution >= 4 is 11.6 Å². The zero-order valence-electron chi connectivity index (χ0n) is 7.39. The summed E-state index contributed by atoms with van der Waals surface area (Å²) >= 11 is 5.82. The van der Waals surface area contributed by atoms with E-state index in [0.29, 0.717) is 5.02 Å². The van der Waals surface area contributed by atoms with Crippen molar-refractivity contribution in [3.63, 3.8) is 0 Å². The first kappa shape index (κ1) is 9.24. The Morgan fingerprint density at radius 3 is 2.93 bits per heavy atom. The number of hydrogen-bond donors (Lipinski definition) is 1. The van der Waals surface area contributed by atoms with Gasteiger partial charge in [0.15, 0.2) is 0 Å². The lowest BCUT2D eigenvalue weighted by molar-refractivity contribution is 0.281. The molecule has 0 radical (unpaired) electrons. The Hall–Kier alpha value is -1.32. The van der Waals surface area contributed by atoms with E-state index in [4.69, 9.17) is 16.7 Å². The van der Waals surface area contributed by atoms with Crippen LogP contribution < -0.4 is 0 Å². The minimum absolute atomic E-state index is 0.0337. The molecule has 1 heterocycles. The van der Waals surface area contributed by atoms with Crippen molar-refractivity contribution in [3.8, 4) is 5.69 Å². The lowest BCUT2D eigenvalue weighted by atomic mass is 10.2. The van der Waals surface area contributed by atoms with Crippen LogP contribution in [0.25, 0.3) is 5.69 Å². The smallest absolute Gasteiger partial charge is 0.0991 e. The van der Waals surface area contributed by atoms with Gasteiger partial charge in [-0.25, -0.2) is 4.98 Å². The van der Waals surface area contributed by atoms with Crippen LogP contribution in [0, 0.1) is 0 Å². The molecule has 0 saturated carbocycles. The molecule has 1 aromatic carbocycles. The lowest BCUT2D eigenvalue weighted by Gasteiger charge is -2.07. The normalized spacial score (nSPS) is 10.4. The van der Waals surface area contributed by atoms with Crippen molar-refractivity contribution in [2.45, 2.75) is 6.61 Å². The van der Waals surface area contributed by atoms with E-state index in [0.717, 1.165) is 11.3 Å². The molecule has 72 valence electrons. The van der Waals surface area contributed by atoms with Crippen LogP contribution in [0.5, 0.6) is 0 Å². The molecule has 0 aliphatic heterocycles. The van der Waals surface area contributed by atoms with Gasteiger partial charge < -0.3 is 9.67 Å². The van der Waals surface area contributed by atoms with Gasteiger partial charge >= 0.3 is 0 Å². The van der Waals surface area contributed by atoms with Crippen molar-refractivity contribution in [1.29, 1.82) is 0 Å².